The minimum Gasteiger partial charge on any atom is -0.468 e. The monoisotopic (exact) mass is 251 g/mol. The van der Waals surface area contributed by atoms with Crippen LogP contribution in [0.3, 0.4) is 0 Å². The second-order valence-electron chi connectivity index (χ2n) is 4.56. The number of rotatable bonds is 7. The maximum atomic E-state index is 11.4. The average molecular weight is 251 g/mol. The van der Waals surface area contributed by atoms with Crippen LogP contribution < -0.4 is 0 Å². The van der Waals surface area contributed by atoms with Gasteiger partial charge < -0.3 is 4.74 Å². The van der Waals surface area contributed by atoms with Crippen molar-refractivity contribution in [1.29, 1.82) is 0 Å². The number of hydrogen-bond donors (Lipinski definition) is 0. The molecule has 0 amide bonds. The smallest absolute Gasteiger partial charge is 0.316 e. The molecule has 18 heavy (non-hydrogen) atoms. The van der Waals surface area contributed by atoms with Crippen LogP contribution in [0.5, 0.6) is 0 Å². The lowest BCUT2D eigenvalue weighted by Gasteiger charge is -2.09. The average Bonchev–Trinajstić information content (AvgIpc) is 2.27. The molecule has 0 aliphatic carbocycles. The molecule has 0 bridgehead atoms. The van der Waals surface area contributed by atoms with Crippen molar-refractivity contribution >= 4 is 11.8 Å². The van der Waals surface area contributed by atoms with Gasteiger partial charge in [-0.2, -0.15) is 0 Å². The largest absolute Gasteiger partial charge is 0.468 e. The van der Waals surface area contributed by atoms with Crippen molar-refractivity contribution < 1.29 is 14.3 Å². The van der Waals surface area contributed by atoms with Gasteiger partial charge in [-0.3, -0.25) is 9.59 Å². The molecular formula is C15H23O3. The highest BCUT2D eigenvalue weighted by Gasteiger charge is 2.22. The van der Waals surface area contributed by atoms with Gasteiger partial charge in [0.05, 0.1) is 7.11 Å². The molecule has 0 aromatic carbocycles. The molecule has 101 valence electrons. The third kappa shape index (κ3) is 7.05. The summed E-state index contributed by atoms with van der Waals surface area (Å²) in [6.45, 7) is 9.18. The van der Waals surface area contributed by atoms with Crippen LogP contribution in [0.2, 0.25) is 0 Å². The van der Waals surface area contributed by atoms with Crippen molar-refractivity contribution in [1.82, 2.24) is 0 Å². The maximum absolute atomic E-state index is 11.4. The molecule has 0 saturated heterocycles. The van der Waals surface area contributed by atoms with Crippen LogP contribution in [-0.4, -0.2) is 18.9 Å². The van der Waals surface area contributed by atoms with Gasteiger partial charge in [-0.05, 0) is 47.0 Å². The number of carbonyl (C=O) groups is 2. The van der Waals surface area contributed by atoms with Crippen LogP contribution in [0, 0.1) is 12.8 Å². The van der Waals surface area contributed by atoms with Crippen molar-refractivity contribution in [2.45, 2.75) is 40.0 Å². The molecule has 0 fully saturated rings. The predicted octanol–water partition coefficient (Wildman–Crippen LogP) is 3.26. The minimum atomic E-state index is -0.671. The number of allylic oxidation sites excluding steroid dienone is 4. The molecule has 1 radical (unpaired) electrons. The van der Waals surface area contributed by atoms with Crippen LogP contribution >= 0.6 is 0 Å². The number of esters is 1. The van der Waals surface area contributed by atoms with Gasteiger partial charge in [0, 0.05) is 0 Å². The number of carbonyl (C=O) groups excluding carboxylic acids is 2. The van der Waals surface area contributed by atoms with E-state index < -0.39 is 11.9 Å². The second-order valence-corrected chi connectivity index (χ2v) is 4.56. The van der Waals surface area contributed by atoms with Crippen LogP contribution in [0.15, 0.2) is 23.3 Å². The summed E-state index contributed by atoms with van der Waals surface area (Å²) in [4.78, 5) is 22.7. The zero-order valence-electron chi connectivity index (χ0n) is 11.8. The third-order valence-corrected chi connectivity index (χ3v) is 2.71. The van der Waals surface area contributed by atoms with Crippen LogP contribution in [0.25, 0.3) is 0 Å². The molecular weight excluding hydrogens is 228 g/mol. The molecule has 0 heterocycles. The summed E-state index contributed by atoms with van der Waals surface area (Å²) in [5, 5.41) is 0. The van der Waals surface area contributed by atoms with E-state index in [9.17, 15) is 9.59 Å². The zero-order chi connectivity index (χ0) is 14.1. The van der Waals surface area contributed by atoms with Gasteiger partial charge in [0.2, 0.25) is 0 Å². The van der Waals surface area contributed by atoms with Gasteiger partial charge >= 0.3 is 5.97 Å². The Hall–Kier alpha value is -1.38. The van der Waals surface area contributed by atoms with E-state index in [1.165, 1.54) is 19.6 Å². The minimum absolute atomic E-state index is 0.153. The van der Waals surface area contributed by atoms with E-state index in [0.29, 0.717) is 6.42 Å². The van der Waals surface area contributed by atoms with Gasteiger partial charge in [0.15, 0.2) is 0 Å². The molecule has 0 N–H and O–H groups in total. The van der Waals surface area contributed by atoms with Crippen molar-refractivity contribution in [2.75, 3.05) is 7.11 Å². The van der Waals surface area contributed by atoms with E-state index in [4.69, 9.17) is 0 Å². The fourth-order valence-corrected chi connectivity index (χ4v) is 1.54. The number of ketones is 1. The van der Waals surface area contributed by atoms with Gasteiger partial charge in [-0.25, -0.2) is 0 Å². The van der Waals surface area contributed by atoms with Gasteiger partial charge in [0.25, 0.3) is 0 Å². The first-order valence-electron chi connectivity index (χ1n) is 6.11. The lowest BCUT2D eigenvalue weighted by Crippen LogP contribution is -2.22. The number of ether oxygens (including phenoxy) is 1. The fraction of sp³-hybridized carbons (Fsp3) is 0.533. The van der Waals surface area contributed by atoms with E-state index in [2.05, 4.69) is 17.7 Å². The topological polar surface area (TPSA) is 43.4 Å². The highest BCUT2D eigenvalue weighted by atomic mass is 16.5. The highest BCUT2D eigenvalue weighted by Crippen LogP contribution is 2.13. The van der Waals surface area contributed by atoms with Crippen LogP contribution in [0.1, 0.15) is 40.0 Å². The summed E-state index contributed by atoms with van der Waals surface area (Å²) in [6, 6.07) is 0. The van der Waals surface area contributed by atoms with Crippen LogP contribution in [-0.2, 0) is 14.3 Å². The van der Waals surface area contributed by atoms with Gasteiger partial charge in [-0.15, -0.1) is 0 Å². The maximum Gasteiger partial charge on any atom is 0.316 e. The molecule has 3 heteroatoms. The van der Waals surface area contributed by atoms with Gasteiger partial charge in [-0.1, -0.05) is 23.3 Å². The van der Waals surface area contributed by atoms with Crippen LogP contribution in [0.4, 0.5) is 0 Å². The summed E-state index contributed by atoms with van der Waals surface area (Å²) in [5.74, 6) is -1.28. The molecule has 0 aromatic rings. The Morgan fingerprint density at radius 3 is 2.28 bits per heavy atom. The quantitative estimate of drug-likeness (QED) is 0.396. The molecule has 3 nitrogen and oxygen atoms in total. The van der Waals surface area contributed by atoms with E-state index in [1.54, 1.807) is 0 Å². The SMILES string of the molecule is [CH2]/C(C)=C/CC/C(C)=C/CC(C(C)=O)C(=O)OC. The Labute approximate surface area is 110 Å². The third-order valence-electron chi connectivity index (χ3n) is 2.71. The summed E-state index contributed by atoms with van der Waals surface area (Å²) < 4.78 is 4.61. The number of Topliss-reactive ketones (excluding diaryl/α,β-unsaturated/α-hetero) is 1. The molecule has 0 aliphatic heterocycles. The molecule has 1 unspecified atom stereocenters. The van der Waals surface area contributed by atoms with Gasteiger partial charge in [0.1, 0.15) is 11.7 Å². The standard InChI is InChI=1S/C15H23O3/c1-11(2)7-6-8-12(3)9-10-14(13(4)16)15(17)18-5/h7,9,14H,1,6,8,10H2,2-5H3/b11-7-,12-9+. The number of hydrogen-bond acceptors (Lipinski definition) is 3. The Morgan fingerprint density at radius 2 is 1.83 bits per heavy atom. The first-order chi connectivity index (χ1) is 8.38. The normalized spacial score (nSPS) is 14.3. The van der Waals surface area contributed by atoms with E-state index >= 15 is 0 Å². The molecule has 0 aliphatic rings. The first-order valence-corrected chi connectivity index (χ1v) is 6.11. The lowest BCUT2D eigenvalue weighted by atomic mass is 9.99. The summed E-state index contributed by atoms with van der Waals surface area (Å²) in [5.41, 5.74) is 2.22. The molecule has 0 aromatic heterocycles. The highest BCUT2D eigenvalue weighted by molar-refractivity contribution is 5.97. The van der Waals surface area contributed by atoms with E-state index in [-0.39, 0.29) is 5.78 Å². The molecule has 1 atom stereocenters. The Kier molecular flexibility index (Phi) is 8.01. The Bertz CT molecular complexity index is 347. The summed E-state index contributed by atoms with van der Waals surface area (Å²) >= 11 is 0. The predicted molar refractivity (Wildman–Crippen MR) is 72.9 cm³/mol. The fourth-order valence-electron chi connectivity index (χ4n) is 1.54. The molecule has 0 rings (SSSR count). The Morgan fingerprint density at radius 1 is 1.22 bits per heavy atom. The van der Waals surface area contributed by atoms with Crippen molar-refractivity contribution in [3.8, 4) is 0 Å². The summed E-state index contributed by atoms with van der Waals surface area (Å²) in [6.07, 6.45) is 6.27. The Balaban J connectivity index is 4.36. The molecule has 0 saturated carbocycles. The van der Waals surface area contributed by atoms with Crippen molar-refractivity contribution in [2.24, 2.45) is 5.92 Å². The van der Waals surface area contributed by atoms with E-state index in [0.717, 1.165) is 18.4 Å². The second kappa shape index (κ2) is 8.67. The lowest BCUT2D eigenvalue weighted by molar-refractivity contribution is -0.148. The van der Waals surface area contributed by atoms with E-state index in [1.807, 2.05) is 19.9 Å². The first kappa shape index (κ1) is 16.6. The number of methoxy groups -OCH3 is 1. The molecule has 0 spiro atoms. The van der Waals surface area contributed by atoms with Crippen molar-refractivity contribution in [3.05, 3.63) is 30.2 Å². The van der Waals surface area contributed by atoms with Crippen molar-refractivity contribution in [3.63, 3.8) is 0 Å². The zero-order valence-corrected chi connectivity index (χ0v) is 11.8. The summed E-state index contributed by atoms with van der Waals surface area (Å²) in [7, 11) is 1.30.